The topological polar surface area (TPSA) is 50.4 Å². The number of rotatable bonds is 2. The lowest BCUT2D eigenvalue weighted by Gasteiger charge is -2.35. The smallest absolute Gasteiger partial charge is 0.239 e. The molecule has 4 heteroatoms. The molecular formula is C13H24N2O2. The minimum absolute atomic E-state index is 0.106. The highest BCUT2D eigenvalue weighted by Crippen LogP contribution is 2.34. The molecule has 1 amide bonds. The molecule has 0 bridgehead atoms. The standard InChI is InChI=1S/C13H24N2O2/c1-13(2)5-3-10(4-6-13)15-12(16)11-9-17-8-7-14-11/h10-11,14H,3-9H2,1-2H3,(H,15,16). The number of carbonyl (C=O) groups is 1. The summed E-state index contributed by atoms with van der Waals surface area (Å²) in [6.45, 7) is 6.60. The molecule has 1 aliphatic heterocycles. The van der Waals surface area contributed by atoms with Crippen LogP contribution in [0.3, 0.4) is 0 Å². The lowest BCUT2D eigenvalue weighted by Crippen LogP contribution is -2.53. The quantitative estimate of drug-likeness (QED) is 0.759. The van der Waals surface area contributed by atoms with Gasteiger partial charge in [-0.2, -0.15) is 0 Å². The molecule has 0 aromatic carbocycles. The van der Waals surface area contributed by atoms with Crippen molar-refractivity contribution in [2.45, 2.75) is 51.6 Å². The fraction of sp³-hybridized carbons (Fsp3) is 0.923. The molecule has 98 valence electrons. The van der Waals surface area contributed by atoms with Crippen LogP contribution < -0.4 is 10.6 Å². The second-order valence-corrected chi connectivity index (χ2v) is 6.03. The van der Waals surface area contributed by atoms with Crippen molar-refractivity contribution >= 4 is 5.91 Å². The van der Waals surface area contributed by atoms with Gasteiger partial charge in [-0.1, -0.05) is 13.8 Å². The molecule has 0 aromatic heterocycles. The predicted molar refractivity (Wildman–Crippen MR) is 66.8 cm³/mol. The molecule has 1 heterocycles. The Hall–Kier alpha value is -0.610. The summed E-state index contributed by atoms with van der Waals surface area (Å²) in [5.74, 6) is 0.106. The SMILES string of the molecule is CC1(C)CCC(NC(=O)C2COCCN2)CC1. The van der Waals surface area contributed by atoms with E-state index in [1.165, 1.54) is 12.8 Å². The van der Waals surface area contributed by atoms with Gasteiger partial charge in [0, 0.05) is 12.6 Å². The number of ether oxygens (including phenoxy) is 1. The van der Waals surface area contributed by atoms with Crippen molar-refractivity contribution in [3.8, 4) is 0 Å². The van der Waals surface area contributed by atoms with Crippen LogP contribution in [0.4, 0.5) is 0 Å². The number of amides is 1. The zero-order valence-corrected chi connectivity index (χ0v) is 10.9. The molecule has 0 aromatic rings. The van der Waals surface area contributed by atoms with Crippen LogP contribution in [0.15, 0.2) is 0 Å². The summed E-state index contributed by atoms with van der Waals surface area (Å²) in [6, 6.07) is 0.206. The number of nitrogens with one attached hydrogen (secondary N) is 2. The van der Waals surface area contributed by atoms with Crippen molar-refractivity contribution in [3.05, 3.63) is 0 Å². The van der Waals surface area contributed by atoms with Gasteiger partial charge in [-0.3, -0.25) is 4.79 Å². The van der Waals surface area contributed by atoms with Gasteiger partial charge in [0.05, 0.1) is 13.2 Å². The van der Waals surface area contributed by atoms with Crippen LogP contribution in [-0.2, 0) is 9.53 Å². The Kier molecular flexibility index (Phi) is 4.05. The minimum Gasteiger partial charge on any atom is -0.378 e. The Morgan fingerprint density at radius 2 is 2.06 bits per heavy atom. The van der Waals surface area contributed by atoms with E-state index in [1.807, 2.05) is 0 Å². The van der Waals surface area contributed by atoms with Gasteiger partial charge in [0.15, 0.2) is 0 Å². The molecule has 1 atom stereocenters. The average molecular weight is 240 g/mol. The van der Waals surface area contributed by atoms with Crippen molar-refractivity contribution < 1.29 is 9.53 Å². The van der Waals surface area contributed by atoms with Gasteiger partial charge in [-0.15, -0.1) is 0 Å². The average Bonchev–Trinajstić information content (AvgIpc) is 2.33. The van der Waals surface area contributed by atoms with Crippen molar-refractivity contribution in [1.82, 2.24) is 10.6 Å². The molecule has 1 aliphatic carbocycles. The van der Waals surface area contributed by atoms with Gasteiger partial charge in [-0.05, 0) is 31.1 Å². The third kappa shape index (κ3) is 3.68. The molecule has 2 aliphatic rings. The fourth-order valence-electron chi connectivity index (χ4n) is 2.58. The van der Waals surface area contributed by atoms with Crippen LogP contribution >= 0.6 is 0 Å². The van der Waals surface area contributed by atoms with Crippen molar-refractivity contribution in [1.29, 1.82) is 0 Å². The first-order chi connectivity index (χ1) is 8.07. The van der Waals surface area contributed by atoms with E-state index >= 15 is 0 Å². The predicted octanol–water partition coefficient (Wildman–Crippen LogP) is 1.06. The Morgan fingerprint density at radius 3 is 2.65 bits per heavy atom. The molecule has 1 saturated carbocycles. The molecule has 2 N–H and O–H groups in total. The molecule has 0 radical (unpaired) electrons. The number of hydrogen-bond donors (Lipinski definition) is 2. The lowest BCUT2D eigenvalue weighted by atomic mass is 9.75. The normalized spacial score (nSPS) is 29.9. The maximum absolute atomic E-state index is 12.0. The highest BCUT2D eigenvalue weighted by molar-refractivity contribution is 5.82. The summed E-state index contributed by atoms with van der Waals surface area (Å²) >= 11 is 0. The number of hydrogen-bond acceptors (Lipinski definition) is 3. The summed E-state index contributed by atoms with van der Waals surface area (Å²) in [4.78, 5) is 12.0. The Balaban J connectivity index is 1.75. The van der Waals surface area contributed by atoms with Gasteiger partial charge in [0.2, 0.25) is 5.91 Å². The van der Waals surface area contributed by atoms with Gasteiger partial charge in [0.1, 0.15) is 6.04 Å². The third-order valence-electron chi connectivity index (χ3n) is 3.92. The van der Waals surface area contributed by atoms with E-state index in [9.17, 15) is 4.79 Å². The molecule has 0 spiro atoms. The zero-order chi connectivity index (χ0) is 12.3. The van der Waals surface area contributed by atoms with E-state index in [4.69, 9.17) is 4.74 Å². The number of carbonyl (C=O) groups excluding carboxylic acids is 1. The summed E-state index contributed by atoms with van der Waals surface area (Å²) < 4.78 is 5.30. The van der Waals surface area contributed by atoms with Gasteiger partial charge in [0.25, 0.3) is 0 Å². The summed E-state index contributed by atoms with van der Waals surface area (Å²) in [5.41, 5.74) is 0.452. The van der Waals surface area contributed by atoms with Crippen LogP contribution in [0.1, 0.15) is 39.5 Å². The van der Waals surface area contributed by atoms with E-state index in [0.29, 0.717) is 24.7 Å². The van der Waals surface area contributed by atoms with E-state index in [0.717, 1.165) is 19.4 Å². The summed E-state index contributed by atoms with van der Waals surface area (Å²) in [5, 5.41) is 6.33. The molecule has 17 heavy (non-hydrogen) atoms. The second kappa shape index (κ2) is 5.36. The van der Waals surface area contributed by atoms with E-state index < -0.39 is 0 Å². The van der Waals surface area contributed by atoms with Crippen LogP contribution in [0.2, 0.25) is 0 Å². The van der Waals surface area contributed by atoms with Crippen molar-refractivity contribution in [2.75, 3.05) is 19.8 Å². The monoisotopic (exact) mass is 240 g/mol. The van der Waals surface area contributed by atoms with Gasteiger partial charge < -0.3 is 15.4 Å². The van der Waals surface area contributed by atoms with Crippen LogP contribution in [0, 0.1) is 5.41 Å². The van der Waals surface area contributed by atoms with Crippen molar-refractivity contribution in [2.24, 2.45) is 5.41 Å². The molecule has 2 rings (SSSR count). The van der Waals surface area contributed by atoms with Gasteiger partial charge >= 0.3 is 0 Å². The van der Waals surface area contributed by atoms with Gasteiger partial charge in [-0.25, -0.2) is 0 Å². The second-order valence-electron chi connectivity index (χ2n) is 6.03. The minimum atomic E-state index is -0.154. The lowest BCUT2D eigenvalue weighted by molar-refractivity contribution is -0.127. The largest absolute Gasteiger partial charge is 0.378 e. The molecule has 4 nitrogen and oxygen atoms in total. The fourth-order valence-corrected chi connectivity index (χ4v) is 2.58. The molecule has 1 unspecified atom stereocenters. The zero-order valence-electron chi connectivity index (χ0n) is 10.9. The highest BCUT2D eigenvalue weighted by atomic mass is 16.5. The van der Waals surface area contributed by atoms with E-state index in [2.05, 4.69) is 24.5 Å². The Bertz CT molecular complexity index is 263. The summed E-state index contributed by atoms with van der Waals surface area (Å²) in [7, 11) is 0. The summed E-state index contributed by atoms with van der Waals surface area (Å²) in [6.07, 6.45) is 4.61. The number of morpholine rings is 1. The third-order valence-corrected chi connectivity index (χ3v) is 3.92. The highest BCUT2D eigenvalue weighted by Gasteiger charge is 2.29. The molecule has 2 fully saturated rings. The first-order valence-electron chi connectivity index (χ1n) is 6.68. The molecule has 1 saturated heterocycles. The van der Waals surface area contributed by atoms with Crippen LogP contribution in [0.5, 0.6) is 0 Å². The Morgan fingerprint density at radius 1 is 1.35 bits per heavy atom. The maximum Gasteiger partial charge on any atom is 0.239 e. The first kappa shape index (κ1) is 12.8. The van der Waals surface area contributed by atoms with Crippen LogP contribution in [0.25, 0.3) is 0 Å². The maximum atomic E-state index is 12.0. The first-order valence-corrected chi connectivity index (χ1v) is 6.68. The van der Waals surface area contributed by atoms with Crippen LogP contribution in [-0.4, -0.2) is 37.7 Å². The molecular weight excluding hydrogens is 216 g/mol. The Labute approximate surface area is 103 Å². The van der Waals surface area contributed by atoms with Crippen molar-refractivity contribution in [3.63, 3.8) is 0 Å². The van der Waals surface area contributed by atoms with E-state index in [-0.39, 0.29) is 11.9 Å². The van der Waals surface area contributed by atoms with E-state index in [1.54, 1.807) is 0 Å².